The number of carbonyl (C=O) groups excluding carboxylic acids is 1. The molecule has 2 amide bonds. The third kappa shape index (κ3) is 5.05. The highest BCUT2D eigenvalue weighted by Gasteiger charge is 2.17. The van der Waals surface area contributed by atoms with Crippen LogP contribution in [-0.4, -0.2) is 12.1 Å². The van der Waals surface area contributed by atoms with Gasteiger partial charge in [-0.3, -0.25) is 0 Å². The van der Waals surface area contributed by atoms with Crippen LogP contribution in [0.2, 0.25) is 0 Å². The summed E-state index contributed by atoms with van der Waals surface area (Å²) in [6, 6.07) is 6.13. The van der Waals surface area contributed by atoms with Crippen molar-refractivity contribution in [2.45, 2.75) is 58.5 Å². The Morgan fingerprint density at radius 2 is 2.05 bits per heavy atom. The average Bonchev–Trinajstić information content (AvgIpc) is 2.63. The number of benzene rings is 1. The second-order valence-corrected chi connectivity index (χ2v) is 6.32. The van der Waals surface area contributed by atoms with E-state index in [9.17, 15) is 4.79 Å². The molecular weight excluding hydrogens is 262 g/mol. The van der Waals surface area contributed by atoms with Crippen LogP contribution in [0.3, 0.4) is 0 Å². The van der Waals surface area contributed by atoms with Crippen molar-refractivity contribution in [3.8, 4) is 0 Å². The van der Waals surface area contributed by atoms with Crippen LogP contribution in [0.5, 0.6) is 0 Å². The number of hydrogen-bond acceptors (Lipinski definition) is 2. The second-order valence-electron chi connectivity index (χ2n) is 6.32. The van der Waals surface area contributed by atoms with Crippen molar-refractivity contribution in [2.24, 2.45) is 11.7 Å². The first-order chi connectivity index (χ1) is 10.1. The summed E-state index contributed by atoms with van der Waals surface area (Å²) in [7, 11) is 0. The molecule has 1 saturated carbocycles. The van der Waals surface area contributed by atoms with Crippen molar-refractivity contribution in [3.05, 3.63) is 29.3 Å². The Labute approximate surface area is 127 Å². The smallest absolute Gasteiger partial charge is 0.319 e. The third-order valence-electron chi connectivity index (χ3n) is 4.22. The van der Waals surface area contributed by atoms with Crippen LogP contribution in [-0.2, 0) is 6.54 Å². The Bertz CT molecular complexity index is 487. The standard InChI is InChI=1S/C17H27N3O/c1-12-4-3-5-15(7-6-12)19-17(21)20-16-9-13(2)8-14(10-16)11-18/h8-10,12,15H,3-7,11,18H2,1-2H3,(H2,19,20,21). The zero-order valence-electron chi connectivity index (χ0n) is 13.1. The van der Waals surface area contributed by atoms with E-state index in [4.69, 9.17) is 5.73 Å². The minimum Gasteiger partial charge on any atom is -0.335 e. The monoisotopic (exact) mass is 289 g/mol. The number of anilines is 1. The Kier molecular flexibility index (Phi) is 5.62. The predicted molar refractivity (Wildman–Crippen MR) is 87.3 cm³/mol. The van der Waals surface area contributed by atoms with E-state index in [2.05, 4.69) is 17.6 Å². The second kappa shape index (κ2) is 7.46. The van der Waals surface area contributed by atoms with E-state index in [1.807, 2.05) is 25.1 Å². The molecule has 2 unspecified atom stereocenters. The zero-order chi connectivity index (χ0) is 15.2. The topological polar surface area (TPSA) is 67.1 Å². The Hall–Kier alpha value is -1.55. The van der Waals surface area contributed by atoms with Gasteiger partial charge in [0, 0.05) is 18.3 Å². The first-order valence-electron chi connectivity index (χ1n) is 7.95. The summed E-state index contributed by atoms with van der Waals surface area (Å²) in [6.07, 6.45) is 5.84. The van der Waals surface area contributed by atoms with Crippen molar-refractivity contribution in [3.63, 3.8) is 0 Å². The van der Waals surface area contributed by atoms with Crippen LogP contribution in [0.25, 0.3) is 0 Å². The molecule has 0 spiro atoms. The Morgan fingerprint density at radius 1 is 1.24 bits per heavy atom. The summed E-state index contributed by atoms with van der Waals surface area (Å²) in [5, 5.41) is 6.03. The summed E-state index contributed by atoms with van der Waals surface area (Å²) in [5.74, 6) is 0.781. The highest BCUT2D eigenvalue weighted by Crippen LogP contribution is 2.22. The number of hydrogen-bond donors (Lipinski definition) is 3. The van der Waals surface area contributed by atoms with Gasteiger partial charge in [-0.05, 0) is 55.4 Å². The molecule has 0 aliphatic heterocycles. The van der Waals surface area contributed by atoms with Gasteiger partial charge in [0.15, 0.2) is 0 Å². The molecule has 0 heterocycles. The molecule has 2 atom stereocenters. The summed E-state index contributed by atoms with van der Waals surface area (Å²) in [6.45, 7) is 4.79. The number of nitrogens with two attached hydrogens (primary N) is 1. The number of rotatable bonds is 3. The Morgan fingerprint density at radius 3 is 2.81 bits per heavy atom. The molecule has 0 bridgehead atoms. The van der Waals surface area contributed by atoms with Gasteiger partial charge in [0.2, 0.25) is 0 Å². The van der Waals surface area contributed by atoms with Gasteiger partial charge in [-0.2, -0.15) is 0 Å². The molecule has 1 aliphatic rings. The molecule has 0 saturated heterocycles. The highest BCUT2D eigenvalue weighted by molar-refractivity contribution is 5.89. The van der Waals surface area contributed by atoms with Gasteiger partial charge in [-0.15, -0.1) is 0 Å². The van der Waals surface area contributed by atoms with Crippen LogP contribution < -0.4 is 16.4 Å². The quantitative estimate of drug-likeness (QED) is 0.745. The van der Waals surface area contributed by atoms with Crippen molar-refractivity contribution in [1.29, 1.82) is 0 Å². The van der Waals surface area contributed by atoms with Gasteiger partial charge in [0.05, 0.1) is 0 Å². The van der Waals surface area contributed by atoms with E-state index in [-0.39, 0.29) is 6.03 Å². The fraction of sp³-hybridized carbons (Fsp3) is 0.588. The molecule has 0 aromatic heterocycles. The molecular formula is C17H27N3O. The van der Waals surface area contributed by atoms with E-state index in [0.29, 0.717) is 12.6 Å². The van der Waals surface area contributed by atoms with Crippen molar-refractivity contribution in [2.75, 3.05) is 5.32 Å². The molecule has 1 fully saturated rings. The molecule has 4 nitrogen and oxygen atoms in total. The van der Waals surface area contributed by atoms with E-state index in [0.717, 1.165) is 35.6 Å². The molecule has 0 radical (unpaired) electrons. The van der Waals surface area contributed by atoms with Crippen LogP contribution in [0.15, 0.2) is 18.2 Å². The average molecular weight is 289 g/mol. The van der Waals surface area contributed by atoms with Gasteiger partial charge >= 0.3 is 6.03 Å². The SMILES string of the molecule is Cc1cc(CN)cc(NC(=O)NC2CCCC(C)CC2)c1. The minimum absolute atomic E-state index is 0.108. The van der Waals surface area contributed by atoms with E-state index in [1.54, 1.807) is 0 Å². The van der Waals surface area contributed by atoms with Gasteiger partial charge < -0.3 is 16.4 Å². The molecule has 1 aromatic rings. The maximum Gasteiger partial charge on any atom is 0.319 e. The molecule has 2 rings (SSSR count). The molecule has 1 aromatic carbocycles. The predicted octanol–water partition coefficient (Wildman–Crippen LogP) is 3.54. The number of urea groups is 1. The molecule has 116 valence electrons. The Balaban J connectivity index is 1.90. The zero-order valence-corrected chi connectivity index (χ0v) is 13.1. The van der Waals surface area contributed by atoms with Gasteiger partial charge in [0.1, 0.15) is 0 Å². The maximum atomic E-state index is 12.1. The maximum absolute atomic E-state index is 12.1. The van der Waals surface area contributed by atoms with E-state index >= 15 is 0 Å². The molecule has 21 heavy (non-hydrogen) atoms. The summed E-state index contributed by atoms with van der Waals surface area (Å²) < 4.78 is 0. The van der Waals surface area contributed by atoms with Gasteiger partial charge in [-0.25, -0.2) is 4.79 Å². The lowest BCUT2D eigenvalue weighted by Gasteiger charge is -2.17. The van der Waals surface area contributed by atoms with Crippen LogP contribution in [0, 0.1) is 12.8 Å². The van der Waals surface area contributed by atoms with E-state index in [1.165, 1.54) is 19.3 Å². The van der Waals surface area contributed by atoms with Crippen LogP contribution in [0.4, 0.5) is 10.5 Å². The van der Waals surface area contributed by atoms with E-state index < -0.39 is 0 Å². The summed E-state index contributed by atoms with van der Waals surface area (Å²) >= 11 is 0. The number of amides is 2. The largest absolute Gasteiger partial charge is 0.335 e. The summed E-state index contributed by atoms with van der Waals surface area (Å²) in [5.41, 5.74) is 8.63. The van der Waals surface area contributed by atoms with Crippen LogP contribution in [0.1, 0.15) is 50.2 Å². The van der Waals surface area contributed by atoms with Crippen molar-refractivity contribution in [1.82, 2.24) is 5.32 Å². The fourth-order valence-corrected chi connectivity index (χ4v) is 3.04. The first kappa shape index (κ1) is 15.8. The number of carbonyl (C=O) groups is 1. The molecule has 1 aliphatic carbocycles. The molecule has 4 N–H and O–H groups in total. The first-order valence-corrected chi connectivity index (χ1v) is 7.95. The lowest BCUT2D eigenvalue weighted by Crippen LogP contribution is -2.37. The lowest BCUT2D eigenvalue weighted by atomic mass is 10.0. The minimum atomic E-state index is -0.108. The van der Waals surface area contributed by atoms with Gasteiger partial charge in [0.25, 0.3) is 0 Å². The normalized spacial score (nSPS) is 22.4. The fourth-order valence-electron chi connectivity index (χ4n) is 3.04. The van der Waals surface area contributed by atoms with Crippen molar-refractivity contribution < 1.29 is 4.79 Å². The lowest BCUT2D eigenvalue weighted by molar-refractivity contribution is 0.247. The highest BCUT2D eigenvalue weighted by atomic mass is 16.2. The number of aryl methyl sites for hydroxylation is 1. The van der Waals surface area contributed by atoms with Crippen LogP contribution >= 0.6 is 0 Å². The van der Waals surface area contributed by atoms with Crippen molar-refractivity contribution >= 4 is 11.7 Å². The number of nitrogens with one attached hydrogen (secondary N) is 2. The third-order valence-corrected chi connectivity index (χ3v) is 4.22. The summed E-state index contributed by atoms with van der Waals surface area (Å²) in [4.78, 5) is 12.1. The van der Waals surface area contributed by atoms with Gasteiger partial charge in [-0.1, -0.05) is 25.8 Å². The molecule has 4 heteroatoms.